The lowest BCUT2D eigenvalue weighted by molar-refractivity contribution is 0.171. The Labute approximate surface area is 124 Å². The van der Waals surface area contributed by atoms with Crippen LogP contribution in [0.5, 0.6) is 11.5 Å². The minimum absolute atomic E-state index is 0.256. The molecular formula is C15H13BrFNO2. The molecule has 2 aromatic carbocycles. The van der Waals surface area contributed by atoms with Gasteiger partial charge in [-0.2, -0.15) is 0 Å². The fraction of sp³-hybridized carbons (Fsp3) is 0.200. The smallest absolute Gasteiger partial charge is 0.163 e. The maximum Gasteiger partial charge on any atom is 0.163 e. The van der Waals surface area contributed by atoms with E-state index in [4.69, 9.17) is 9.47 Å². The lowest BCUT2D eigenvalue weighted by Gasteiger charge is -2.19. The van der Waals surface area contributed by atoms with Crippen LogP contribution in [0.1, 0.15) is 5.56 Å². The van der Waals surface area contributed by atoms with E-state index in [9.17, 15) is 4.39 Å². The minimum atomic E-state index is -0.256. The highest BCUT2D eigenvalue weighted by molar-refractivity contribution is 9.10. The van der Waals surface area contributed by atoms with Crippen LogP contribution in [-0.2, 0) is 6.54 Å². The molecule has 104 valence electrons. The van der Waals surface area contributed by atoms with Gasteiger partial charge in [-0.1, -0.05) is 6.07 Å². The zero-order valence-electron chi connectivity index (χ0n) is 10.7. The van der Waals surface area contributed by atoms with Crippen molar-refractivity contribution in [1.29, 1.82) is 0 Å². The number of ether oxygens (including phenoxy) is 2. The van der Waals surface area contributed by atoms with Crippen molar-refractivity contribution in [3.8, 4) is 11.5 Å². The van der Waals surface area contributed by atoms with Crippen molar-refractivity contribution in [1.82, 2.24) is 0 Å². The molecule has 0 radical (unpaired) electrons. The van der Waals surface area contributed by atoms with E-state index < -0.39 is 0 Å². The number of fused-ring (bicyclic) bond motifs is 1. The van der Waals surface area contributed by atoms with Gasteiger partial charge in [0.15, 0.2) is 11.5 Å². The van der Waals surface area contributed by atoms with Crippen molar-refractivity contribution >= 4 is 21.6 Å². The minimum Gasteiger partial charge on any atom is -0.486 e. The molecule has 3 rings (SSSR count). The van der Waals surface area contributed by atoms with Gasteiger partial charge in [-0.05, 0) is 45.8 Å². The summed E-state index contributed by atoms with van der Waals surface area (Å²) in [5, 5.41) is 3.28. The van der Waals surface area contributed by atoms with Gasteiger partial charge >= 0.3 is 0 Å². The third-order valence-electron chi connectivity index (χ3n) is 3.02. The summed E-state index contributed by atoms with van der Waals surface area (Å²) in [6, 6.07) is 10.7. The van der Waals surface area contributed by atoms with E-state index in [2.05, 4.69) is 21.2 Å². The van der Waals surface area contributed by atoms with Crippen molar-refractivity contribution in [2.75, 3.05) is 18.5 Å². The Hall–Kier alpha value is -1.75. The predicted octanol–water partition coefficient (Wildman–Crippen LogP) is 3.97. The topological polar surface area (TPSA) is 30.5 Å². The standard InChI is InChI=1S/C15H13BrFNO2/c16-12-7-10(1-3-13(12)17)9-18-11-2-4-14-15(8-11)20-6-5-19-14/h1-4,7-8,18H,5-6,9H2. The van der Waals surface area contributed by atoms with Crippen molar-refractivity contribution in [2.45, 2.75) is 6.54 Å². The molecule has 1 aliphatic heterocycles. The summed E-state index contributed by atoms with van der Waals surface area (Å²) < 4.78 is 24.6. The molecule has 3 nitrogen and oxygen atoms in total. The molecule has 0 aromatic heterocycles. The Morgan fingerprint density at radius 3 is 2.65 bits per heavy atom. The number of hydrogen-bond donors (Lipinski definition) is 1. The maximum absolute atomic E-state index is 13.2. The first-order valence-electron chi connectivity index (χ1n) is 6.30. The van der Waals surface area contributed by atoms with Crippen LogP contribution >= 0.6 is 15.9 Å². The van der Waals surface area contributed by atoms with Crippen LogP contribution in [0.4, 0.5) is 10.1 Å². The van der Waals surface area contributed by atoms with E-state index in [1.54, 1.807) is 12.1 Å². The van der Waals surface area contributed by atoms with Gasteiger partial charge in [0.25, 0.3) is 0 Å². The third kappa shape index (κ3) is 2.88. The first-order valence-corrected chi connectivity index (χ1v) is 7.09. The Bertz CT molecular complexity index is 633. The highest BCUT2D eigenvalue weighted by Crippen LogP contribution is 2.32. The zero-order chi connectivity index (χ0) is 13.9. The van der Waals surface area contributed by atoms with Crippen molar-refractivity contribution in [2.24, 2.45) is 0 Å². The SMILES string of the molecule is Fc1ccc(CNc2ccc3c(c2)OCCO3)cc1Br. The van der Waals surface area contributed by atoms with Gasteiger partial charge in [0.1, 0.15) is 19.0 Å². The molecule has 0 saturated carbocycles. The fourth-order valence-electron chi connectivity index (χ4n) is 2.01. The van der Waals surface area contributed by atoms with E-state index in [-0.39, 0.29) is 5.82 Å². The Morgan fingerprint density at radius 1 is 1.05 bits per heavy atom. The Morgan fingerprint density at radius 2 is 1.85 bits per heavy atom. The molecule has 0 unspecified atom stereocenters. The lowest BCUT2D eigenvalue weighted by atomic mass is 10.2. The second kappa shape index (κ2) is 5.71. The molecule has 0 fully saturated rings. The van der Waals surface area contributed by atoms with Gasteiger partial charge in [-0.15, -0.1) is 0 Å². The summed E-state index contributed by atoms with van der Waals surface area (Å²) in [5.41, 5.74) is 1.93. The maximum atomic E-state index is 13.2. The summed E-state index contributed by atoms with van der Waals surface area (Å²) in [5.74, 6) is 1.26. The molecule has 0 spiro atoms. The molecule has 1 N–H and O–H groups in total. The number of rotatable bonds is 3. The van der Waals surface area contributed by atoms with Crippen molar-refractivity contribution in [3.05, 3.63) is 52.3 Å². The zero-order valence-corrected chi connectivity index (χ0v) is 12.2. The van der Waals surface area contributed by atoms with Gasteiger partial charge in [0.2, 0.25) is 0 Å². The normalized spacial score (nSPS) is 13.1. The number of hydrogen-bond acceptors (Lipinski definition) is 3. The second-order valence-electron chi connectivity index (χ2n) is 4.46. The molecule has 0 aliphatic carbocycles. The molecule has 0 bridgehead atoms. The molecule has 1 heterocycles. The van der Waals surface area contributed by atoms with Crippen LogP contribution in [0.15, 0.2) is 40.9 Å². The lowest BCUT2D eigenvalue weighted by Crippen LogP contribution is -2.15. The molecule has 1 aliphatic rings. The van der Waals surface area contributed by atoms with Gasteiger partial charge in [-0.3, -0.25) is 0 Å². The van der Waals surface area contributed by atoms with E-state index in [0.29, 0.717) is 24.2 Å². The number of benzene rings is 2. The first kappa shape index (κ1) is 13.2. The average molecular weight is 338 g/mol. The summed E-state index contributed by atoms with van der Waals surface area (Å²) in [7, 11) is 0. The van der Waals surface area contributed by atoms with Gasteiger partial charge in [-0.25, -0.2) is 4.39 Å². The average Bonchev–Trinajstić information content (AvgIpc) is 2.48. The molecular weight excluding hydrogens is 325 g/mol. The molecule has 0 saturated heterocycles. The monoisotopic (exact) mass is 337 g/mol. The molecule has 5 heteroatoms. The van der Waals surface area contributed by atoms with Gasteiger partial charge < -0.3 is 14.8 Å². The molecule has 0 atom stereocenters. The Kier molecular flexibility index (Phi) is 3.78. The van der Waals surface area contributed by atoms with Gasteiger partial charge in [0, 0.05) is 18.3 Å². The molecule has 20 heavy (non-hydrogen) atoms. The number of halogens is 2. The Balaban J connectivity index is 1.70. The van der Waals surface area contributed by atoms with E-state index in [1.165, 1.54) is 6.07 Å². The molecule has 2 aromatic rings. The highest BCUT2D eigenvalue weighted by atomic mass is 79.9. The largest absolute Gasteiger partial charge is 0.486 e. The summed E-state index contributed by atoms with van der Waals surface area (Å²) in [6.07, 6.45) is 0. The van der Waals surface area contributed by atoms with Crippen LogP contribution in [0.25, 0.3) is 0 Å². The van der Waals surface area contributed by atoms with Gasteiger partial charge in [0.05, 0.1) is 4.47 Å². The number of anilines is 1. The van der Waals surface area contributed by atoms with E-state index >= 15 is 0 Å². The summed E-state index contributed by atoms with van der Waals surface area (Å²) in [4.78, 5) is 0. The molecule has 0 amide bonds. The van der Waals surface area contributed by atoms with E-state index in [0.717, 1.165) is 22.7 Å². The highest BCUT2D eigenvalue weighted by Gasteiger charge is 2.11. The summed E-state index contributed by atoms with van der Waals surface area (Å²) in [6.45, 7) is 1.77. The quantitative estimate of drug-likeness (QED) is 0.919. The third-order valence-corrected chi connectivity index (χ3v) is 3.63. The second-order valence-corrected chi connectivity index (χ2v) is 5.31. The number of nitrogens with one attached hydrogen (secondary N) is 1. The van der Waals surface area contributed by atoms with Crippen LogP contribution in [0, 0.1) is 5.82 Å². The first-order chi connectivity index (χ1) is 9.72. The predicted molar refractivity (Wildman–Crippen MR) is 78.9 cm³/mol. The van der Waals surface area contributed by atoms with Crippen LogP contribution in [0.3, 0.4) is 0 Å². The summed E-state index contributed by atoms with van der Waals surface area (Å²) >= 11 is 3.18. The van der Waals surface area contributed by atoms with Crippen LogP contribution < -0.4 is 14.8 Å². The van der Waals surface area contributed by atoms with Crippen LogP contribution in [0.2, 0.25) is 0 Å². The van der Waals surface area contributed by atoms with E-state index in [1.807, 2.05) is 18.2 Å². The fourth-order valence-corrected chi connectivity index (χ4v) is 2.43. The van der Waals surface area contributed by atoms with Crippen molar-refractivity contribution < 1.29 is 13.9 Å². The van der Waals surface area contributed by atoms with Crippen LogP contribution in [-0.4, -0.2) is 13.2 Å². The van der Waals surface area contributed by atoms with Crippen molar-refractivity contribution in [3.63, 3.8) is 0 Å².